The summed E-state index contributed by atoms with van der Waals surface area (Å²) in [5.41, 5.74) is 1.39. The number of rotatable bonds is 4. The van der Waals surface area contributed by atoms with Gasteiger partial charge < -0.3 is 0 Å². The molecule has 0 bridgehead atoms. The standard InChI is InChI=1S/C11H17BrN2/c12-7-3-4-10-8-13-14(9-10)11-5-1-2-6-11/h8-9,11H,1-7H2. The first-order chi connectivity index (χ1) is 6.90. The van der Waals surface area contributed by atoms with Gasteiger partial charge in [0, 0.05) is 11.5 Å². The second-order valence-electron chi connectivity index (χ2n) is 4.06. The van der Waals surface area contributed by atoms with Crippen LogP contribution in [0.3, 0.4) is 0 Å². The van der Waals surface area contributed by atoms with Crippen molar-refractivity contribution < 1.29 is 0 Å². The third-order valence-electron chi connectivity index (χ3n) is 2.95. The summed E-state index contributed by atoms with van der Waals surface area (Å²) in [6.07, 6.45) is 12.0. The Labute approximate surface area is 93.8 Å². The van der Waals surface area contributed by atoms with Crippen molar-refractivity contribution in [2.75, 3.05) is 5.33 Å². The van der Waals surface area contributed by atoms with E-state index in [9.17, 15) is 0 Å². The highest BCUT2D eigenvalue weighted by Crippen LogP contribution is 2.28. The van der Waals surface area contributed by atoms with Crippen LogP contribution in [0.2, 0.25) is 0 Å². The zero-order chi connectivity index (χ0) is 9.80. The van der Waals surface area contributed by atoms with Crippen LogP contribution < -0.4 is 0 Å². The molecule has 1 aliphatic rings. The Hall–Kier alpha value is -0.310. The number of hydrogen-bond acceptors (Lipinski definition) is 1. The second-order valence-corrected chi connectivity index (χ2v) is 4.85. The predicted molar refractivity (Wildman–Crippen MR) is 61.8 cm³/mol. The maximum Gasteiger partial charge on any atom is 0.0521 e. The van der Waals surface area contributed by atoms with Gasteiger partial charge in [-0.3, -0.25) is 4.68 Å². The Morgan fingerprint density at radius 2 is 2.21 bits per heavy atom. The van der Waals surface area contributed by atoms with Crippen molar-refractivity contribution in [3.05, 3.63) is 18.0 Å². The van der Waals surface area contributed by atoms with Crippen molar-refractivity contribution in [3.63, 3.8) is 0 Å². The average molecular weight is 257 g/mol. The third-order valence-corrected chi connectivity index (χ3v) is 3.51. The van der Waals surface area contributed by atoms with Crippen LogP contribution in [0.5, 0.6) is 0 Å². The van der Waals surface area contributed by atoms with Crippen LogP contribution in [-0.2, 0) is 6.42 Å². The molecular weight excluding hydrogens is 240 g/mol. The van der Waals surface area contributed by atoms with E-state index in [4.69, 9.17) is 0 Å². The third kappa shape index (κ3) is 2.38. The van der Waals surface area contributed by atoms with Crippen molar-refractivity contribution in [3.8, 4) is 0 Å². The van der Waals surface area contributed by atoms with Gasteiger partial charge in [0.2, 0.25) is 0 Å². The topological polar surface area (TPSA) is 17.8 Å². The number of aromatic nitrogens is 2. The van der Waals surface area contributed by atoms with Crippen molar-refractivity contribution in [1.82, 2.24) is 9.78 Å². The van der Waals surface area contributed by atoms with Gasteiger partial charge in [-0.05, 0) is 31.2 Å². The summed E-state index contributed by atoms with van der Waals surface area (Å²) >= 11 is 3.45. The summed E-state index contributed by atoms with van der Waals surface area (Å²) in [7, 11) is 0. The molecule has 1 aromatic rings. The van der Waals surface area contributed by atoms with E-state index in [1.54, 1.807) is 0 Å². The molecule has 0 saturated heterocycles. The number of aryl methyl sites for hydroxylation is 1. The van der Waals surface area contributed by atoms with E-state index < -0.39 is 0 Å². The number of hydrogen-bond donors (Lipinski definition) is 0. The molecule has 78 valence electrons. The van der Waals surface area contributed by atoms with Crippen molar-refractivity contribution in [1.29, 1.82) is 0 Å². The quantitative estimate of drug-likeness (QED) is 0.756. The predicted octanol–water partition coefficient (Wildman–Crippen LogP) is 3.33. The molecule has 0 aliphatic heterocycles. The fourth-order valence-corrected chi connectivity index (χ4v) is 2.43. The normalized spacial score (nSPS) is 17.8. The molecule has 0 amide bonds. The minimum Gasteiger partial charge on any atom is -0.269 e. The molecule has 2 rings (SSSR count). The van der Waals surface area contributed by atoms with Crippen LogP contribution in [-0.4, -0.2) is 15.1 Å². The minimum absolute atomic E-state index is 0.688. The highest BCUT2D eigenvalue weighted by molar-refractivity contribution is 9.09. The summed E-state index contributed by atoms with van der Waals surface area (Å²) in [6, 6.07) is 0.688. The molecule has 3 heteroatoms. The van der Waals surface area contributed by atoms with Crippen molar-refractivity contribution in [2.45, 2.75) is 44.6 Å². The molecule has 0 unspecified atom stereocenters. The lowest BCUT2D eigenvalue weighted by molar-refractivity contribution is 0.466. The lowest BCUT2D eigenvalue weighted by atomic mass is 10.2. The van der Waals surface area contributed by atoms with Gasteiger partial charge >= 0.3 is 0 Å². The molecule has 1 saturated carbocycles. The molecule has 14 heavy (non-hydrogen) atoms. The first-order valence-corrected chi connectivity index (χ1v) is 6.61. The number of nitrogens with zero attached hydrogens (tertiary/aromatic N) is 2. The van der Waals surface area contributed by atoms with Crippen LogP contribution in [0, 0.1) is 0 Å². The van der Waals surface area contributed by atoms with Crippen LogP contribution in [0.25, 0.3) is 0 Å². The largest absolute Gasteiger partial charge is 0.269 e. The maximum atomic E-state index is 4.45. The van der Waals surface area contributed by atoms with Gasteiger partial charge in [-0.25, -0.2) is 0 Å². The van der Waals surface area contributed by atoms with Gasteiger partial charge in [0.1, 0.15) is 0 Å². The van der Waals surface area contributed by atoms with Crippen molar-refractivity contribution >= 4 is 15.9 Å². The molecule has 0 aromatic carbocycles. The molecular formula is C11H17BrN2. The fraction of sp³-hybridized carbons (Fsp3) is 0.727. The summed E-state index contributed by atoms with van der Waals surface area (Å²) in [4.78, 5) is 0. The van der Waals surface area contributed by atoms with Gasteiger partial charge in [-0.15, -0.1) is 0 Å². The Balaban J connectivity index is 1.94. The Kier molecular flexibility index (Phi) is 3.62. The smallest absolute Gasteiger partial charge is 0.0521 e. The number of halogens is 1. The highest BCUT2D eigenvalue weighted by Gasteiger charge is 2.17. The van der Waals surface area contributed by atoms with Crippen LogP contribution in [0.1, 0.15) is 43.7 Å². The molecule has 1 fully saturated rings. The van der Waals surface area contributed by atoms with E-state index in [2.05, 4.69) is 31.9 Å². The molecule has 0 atom stereocenters. The molecule has 1 aliphatic carbocycles. The monoisotopic (exact) mass is 256 g/mol. The zero-order valence-electron chi connectivity index (χ0n) is 8.45. The molecule has 0 N–H and O–H groups in total. The molecule has 1 heterocycles. The van der Waals surface area contributed by atoms with E-state index in [-0.39, 0.29) is 0 Å². The van der Waals surface area contributed by atoms with Crippen LogP contribution in [0.15, 0.2) is 12.4 Å². The van der Waals surface area contributed by atoms with Gasteiger partial charge in [0.15, 0.2) is 0 Å². The molecule has 1 aromatic heterocycles. The highest BCUT2D eigenvalue weighted by atomic mass is 79.9. The zero-order valence-corrected chi connectivity index (χ0v) is 10.0. The lowest BCUT2D eigenvalue weighted by Crippen LogP contribution is -2.04. The minimum atomic E-state index is 0.688. The van der Waals surface area contributed by atoms with Gasteiger partial charge in [0.25, 0.3) is 0 Å². The lowest BCUT2D eigenvalue weighted by Gasteiger charge is -2.08. The van der Waals surface area contributed by atoms with Crippen LogP contribution in [0.4, 0.5) is 0 Å². The molecule has 0 spiro atoms. The molecule has 0 radical (unpaired) electrons. The van der Waals surface area contributed by atoms with E-state index >= 15 is 0 Å². The van der Waals surface area contributed by atoms with E-state index in [0.29, 0.717) is 6.04 Å². The van der Waals surface area contributed by atoms with E-state index in [1.165, 1.54) is 37.7 Å². The Morgan fingerprint density at radius 3 is 2.93 bits per heavy atom. The fourth-order valence-electron chi connectivity index (χ4n) is 2.15. The molecule has 2 nitrogen and oxygen atoms in total. The van der Waals surface area contributed by atoms with E-state index in [0.717, 1.165) is 11.8 Å². The maximum absolute atomic E-state index is 4.45. The summed E-state index contributed by atoms with van der Waals surface area (Å²) in [5.74, 6) is 0. The van der Waals surface area contributed by atoms with Gasteiger partial charge in [-0.1, -0.05) is 28.8 Å². The van der Waals surface area contributed by atoms with Crippen molar-refractivity contribution in [2.24, 2.45) is 0 Å². The van der Waals surface area contributed by atoms with Gasteiger partial charge in [-0.2, -0.15) is 5.10 Å². The summed E-state index contributed by atoms with van der Waals surface area (Å²) in [5, 5.41) is 5.54. The van der Waals surface area contributed by atoms with E-state index in [1.807, 2.05) is 6.20 Å². The average Bonchev–Trinajstić information content (AvgIpc) is 2.85. The SMILES string of the molecule is BrCCCc1cnn(C2CCCC2)c1. The Morgan fingerprint density at radius 1 is 1.43 bits per heavy atom. The Bertz CT molecular complexity index is 277. The first kappa shape index (κ1) is 10.2. The number of alkyl halides is 1. The van der Waals surface area contributed by atoms with Gasteiger partial charge in [0.05, 0.1) is 12.2 Å². The summed E-state index contributed by atoms with van der Waals surface area (Å²) in [6.45, 7) is 0. The first-order valence-electron chi connectivity index (χ1n) is 5.49. The summed E-state index contributed by atoms with van der Waals surface area (Å²) < 4.78 is 2.18. The van der Waals surface area contributed by atoms with Crippen LogP contribution >= 0.6 is 15.9 Å². The second kappa shape index (κ2) is 4.96.